The lowest BCUT2D eigenvalue weighted by Crippen LogP contribution is -2.37. The number of nitrogens with zero attached hydrogens (tertiary/aromatic N) is 2. The predicted octanol–water partition coefficient (Wildman–Crippen LogP) is 2.28. The molecule has 0 aliphatic heterocycles. The first-order valence-electron chi connectivity index (χ1n) is 7.08. The second-order valence-corrected chi connectivity index (χ2v) is 5.35. The molecule has 1 atom stereocenters. The Morgan fingerprint density at radius 2 is 2.10 bits per heavy atom. The van der Waals surface area contributed by atoms with Gasteiger partial charge in [-0.05, 0) is 30.7 Å². The average Bonchev–Trinajstić information content (AvgIpc) is 2.44. The Kier molecular flexibility index (Phi) is 7.06. The van der Waals surface area contributed by atoms with E-state index in [1.807, 2.05) is 0 Å². The minimum atomic E-state index is -0.528. The third-order valence-electron chi connectivity index (χ3n) is 2.95. The van der Waals surface area contributed by atoms with Crippen LogP contribution in [-0.4, -0.2) is 42.4 Å². The van der Waals surface area contributed by atoms with E-state index in [0.29, 0.717) is 23.8 Å². The van der Waals surface area contributed by atoms with Crippen molar-refractivity contribution in [3.8, 4) is 11.8 Å². The molecule has 0 saturated heterocycles. The van der Waals surface area contributed by atoms with Crippen LogP contribution in [0.15, 0.2) is 24.3 Å². The number of likely N-dealkylation sites (N-methyl/N-ethyl adjacent to an activating group) is 1. The summed E-state index contributed by atoms with van der Waals surface area (Å²) in [6, 6.07) is 9.04. The highest BCUT2D eigenvalue weighted by molar-refractivity contribution is 5.36. The number of benzene rings is 1. The molecule has 0 saturated carbocycles. The molecule has 0 spiro atoms. The van der Waals surface area contributed by atoms with E-state index in [4.69, 9.17) is 10.00 Å². The molecule has 4 heteroatoms. The van der Waals surface area contributed by atoms with Gasteiger partial charge < -0.3 is 14.7 Å². The molecule has 0 amide bonds. The molecule has 110 valence electrons. The predicted molar refractivity (Wildman–Crippen MR) is 79.6 cm³/mol. The van der Waals surface area contributed by atoms with E-state index in [9.17, 15) is 5.11 Å². The first-order chi connectivity index (χ1) is 9.55. The van der Waals surface area contributed by atoms with Gasteiger partial charge in [-0.1, -0.05) is 26.8 Å². The smallest absolute Gasteiger partial charge is 0.120 e. The van der Waals surface area contributed by atoms with Gasteiger partial charge in [0.1, 0.15) is 18.5 Å². The number of nitriles is 1. The average molecular weight is 276 g/mol. The molecule has 0 aliphatic carbocycles. The standard InChI is InChI=1S/C16H24N2O2/c1-4-18(10-13(2)3)11-15(19)12-20-16-7-5-6-14(8-16)9-17/h5-8,13,15,19H,4,10-12H2,1-3H3. The van der Waals surface area contributed by atoms with Crippen LogP contribution in [0.1, 0.15) is 26.3 Å². The number of hydrogen-bond donors (Lipinski definition) is 1. The van der Waals surface area contributed by atoms with E-state index >= 15 is 0 Å². The topological polar surface area (TPSA) is 56.5 Å². The lowest BCUT2D eigenvalue weighted by Gasteiger charge is -2.25. The van der Waals surface area contributed by atoms with Crippen LogP contribution in [0.5, 0.6) is 5.75 Å². The molecule has 0 bridgehead atoms. The molecule has 0 radical (unpaired) electrons. The van der Waals surface area contributed by atoms with Crippen LogP contribution in [0.25, 0.3) is 0 Å². The minimum Gasteiger partial charge on any atom is -0.491 e. The van der Waals surface area contributed by atoms with Crippen LogP contribution in [0.3, 0.4) is 0 Å². The molecular formula is C16H24N2O2. The second kappa shape index (κ2) is 8.57. The molecule has 0 aromatic heterocycles. The highest BCUT2D eigenvalue weighted by Crippen LogP contribution is 2.13. The number of aliphatic hydroxyl groups is 1. The van der Waals surface area contributed by atoms with Crippen LogP contribution >= 0.6 is 0 Å². The summed E-state index contributed by atoms with van der Waals surface area (Å²) in [6.45, 7) is 9.15. The number of hydrogen-bond acceptors (Lipinski definition) is 4. The van der Waals surface area contributed by atoms with Gasteiger partial charge in [-0.15, -0.1) is 0 Å². The quantitative estimate of drug-likeness (QED) is 0.791. The first kappa shape index (κ1) is 16.5. The summed E-state index contributed by atoms with van der Waals surface area (Å²) in [7, 11) is 0. The van der Waals surface area contributed by atoms with Crippen molar-refractivity contribution in [2.45, 2.75) is 26.9 Å². The van der Waals surface area contributed by atoms with Crippen molar-refractivity contribution in [3.63, 3.8) is 0 Å². The molecule has 1 aromatic rings. The fourth-order valence-corrected chi connectivity index (χ4v) is 2.05. The Morgan fingerprint density at radius 3 is 2.70 bits per heavy atom. The zero-order chi connectivity index (χ0) is 15.0. The maximum Gasteiger partial charge on any atom is 0.120 e. The van der Waals surface area contributed by atoms with Gasteiger partial charge >= 0.3 is 0 Å². The third-order valence-corrected chi connectivity index (χ3v) is 2.95. The van der Waals surface area contributed by atoms with E-state index < -0.39 is 6.10 Å². The normalized spacial score (nSPS) is 12.4. The number of ether oxygens (including phenoxy) is 1. The van der Waals surface area contributed by atoms with Gasteiger partial charge in [0, 0.05) is 13.1 Å². The Labute approximate surface area is 121 Å². The van der Waals surface area contributed by atoms with E-state index in [1.54, 1.807) is 24.3 Å². The number of rotatable bonds is 8. The Bertz CT molecular complexity index is 440. The van der Waals surface area contributed by atoms with E-state index in [-0.39, 0.29) is 6.61 Å². The van der Waals surface area contributed by atoms with Crippen LogP contribution in [-0.2, 0) is 0 Å². The summed E-state index contributed by atoms with van der Waals surface area (Å²) in [5, 5.41) is 18.8. The first-order valence-corrected chi connectivity index (χ1v) is 7.08. The lowest BCUT2D eigenvalue weighted by atomic mass is 10.2. The van der Waals surface area contributed by atoms with Gasteiger partial charge in [0.2, 0.25) is 0 Å². The van der Waals surface area contributed by atoms with Gasteiger partial charge in [0.25, 0.3) is 0 Å². The van der Waals surface area contributed by atoms with Crippen molar-refractivity contribution >= 4 is 0 Å². The minimum absolute atomic E-state index is 0.240. The molecule has 0 heterocycles. The molecular weight excluding hydrogens is 252 g/mol. The van der Waals surface area contributed by atoms with E-state index in [2.05, 4.69) is 31.7 Å². The fraction of sp³-hybridized carbons (Fsp3) is 0.562. The van der Waals surface area contributed by atoms with Gasteiger partial charge in [-0.2, -0.15) is 5.26 Å². The van der Waals surface area contributed by atoms with Gasteiger partial charge in [0.15, 0.2) is 0 Å². The van der Waals surface area contributed by atoms with Crippen molar-refractivity contribution in [3.05, 3.63) is 29.8 Å². The van der Waals surface area contributed by atoms with E-state index in [0.717, 1.165) is 13.1 Å². The maximum absolute atomic E-state index is 10.0. The van der Waals surface area contributed by atoms with Gasteiger partial charge in [-0.3, -0.25) is 0 Å². The third kappa shape index (κ3) is 6.05. The summed E-state index contributed by atoms with van der Waals surface area (Å²) < 4.78 is 5.53. The van der Waals surface area contributed by atoms with Crippen LogP contribution in [0.4, 0.5) is 0 Å². The van der Waals surface area contributed by atoms with Crippen molar-refractivity contribution in [1.29, 1.82) is 5.26 Å². The summed E-state index contributed by atoms with van der Waals surface area (Å²) in [5.74, 6) is 1.20. The Morgan fingerprint density at radius 1 is 1.35 bits per heavy atom. The second-order valence-electron chi connectivity index (χ2n) is 5.35. The summed E-state index contributed by atoms with van der Waals surface area (Å²) in [6.07, 6.45) is -0.528. The maximum atomic E-state index is 10.0. The van der Waals surface area contributed by atoms with Crippen molar-refractivity contribution in [1.82, 2.24) is 4.90 Å². The van der Waals surface area contributed by atoms with Crippen molar-refractivity contribution < 1.29 is 9.84 Å². The molecule has 0 aliphatic rings. The van der Waals surface area contributed by atoms with Crippen molar-refractivity contribution in [2.75, 3.05) is 26.2 Å². The number of aliphatic hydroxyl groups excluding tert-OH is 1. The molecule has 1 rings (SSSR count). The molecule has 1 unspecified atom stereocenters. The van der Waals surface area contributed by atoms with Gasteiger partial charge in [0.05, 0.1) is 11.6 Å². The monoisotopic (exact) mass is 276 g/mol. The van der Waals surface area contributed by atoms with Crippen LogP contribution in [0.2, 0.25) is 0 Å². The van der Waals surface area contributed by atoms with Gasteiger partial charge in [-0.25, -0.2) is 0 Å². The zero-order valence-electron chi connectivity index (χ0n) is 12.5. The Hall–Kier alpha value is -1.57. The Balaban J connectivity index is 2.42. The largest absolute Gasteiger partial charge is 0.491 e. The summed E-state index contributed by atoms with van der Waals surface area (Å²) in [5.41, 5.74) is 0.562. The molecule has 1 aromatic carbocycles. The SMILES string of the molecule is CCN(CC(C)C)CC(O)COc1cccc(C#N)c1. The summed E-state index contributed by atoms with van der Waals surface area (Å²) >= 11 is 0. The van der Waals surface area contributed by atoms with Crippen LogP contribution in [0, 0.1) is 17.2 Å². The van der Waals surface area contributed by atoms with E-state index in [1.165, 1.54) is 0 Å². The van der Waals surface area contributed by atoms with Crippen LogP contribution < -0.4 is 4.74 Å². The molecule has 4 nitrogen and oxygen atoms in total. The summed E-state index contributed by atoms with van der Waals surface area (Å²) in [4.78, 5) is 2.21. The molecule has 1 N–H and O–H groups in total. The fourth-order valence-electron chi connectivity index (χ4n) is 2.05. The lowest BCUT2D eigenvalue weighted by molar-refractivity contribution is 0.0662. The highest BCUT2D eigenvalue weighted by Gasteiger charge is 2.12. The zero-order valence-corrected chi connectivity index (χ0v) is 12.5. The molecule has 0 fully saturated rings. The molecule has 20 heavy (non-hydrogen) atoms. The highest BCUT2D eigenvalue weighted by atomic mass is 16.5. The van der Waals surface area contributed by atoms with Crippen molar-refractivity contribution in [2.24, 2.45) is 5.92 Å².